The summed E-state index contributed by atoms with van der Waals surface area (Å²) in [6.45, 7) is 10.3. The lowest BCUT2D eigenvalue weighted by Crippen LogP contribution is -2.36. The Morgan fingerprint density at radius 1 is 1.17 bits per heavy atom. The minimum absolute atomic E-state index is 0. The molecule has 1 amide bonds. The van der Waals surface area contributed by atoms with Gasteiger partial charge in [0.1, 0.15) is 0 Å². The van der Waals surface area contributed by atoms with E-state index in [1.807, 2.05) is 52.0 Å². The van der Waals surface area contributed by atoms with E-state index in [4.69, 9.17) is 0 Å². The summed E-state index contributed by atoms with van der Waals surface area (Å²) >= 11 is 0. The lowest BCUT2D eigenvalue weighted by molar-refractivity contribution is -0.119. The van der Waals surface area contributed by atoms with Crippen molar-refractivity contribution in [3.8, 4) is 0 Å². The Kier molecular flexibility index (Phi) is 11.5. The SMILES string of the molecule is CCNC(=NCc1cccc(NC(=O)C(C)CC)c1)NCC.I. The topological polar surface area (TPSA) is 65.5 Å². The third-order valence-corrected chi connectivity index (χ3v) is 3.36. The van der Waals surface area contributed by atoms with Crippen molar-refractivity contribution >= 4 is 41.5 Å². The minimum Gasteiger partial charge on any atom is -0.357 e. The van der Waals surface area contributed by atoms with E-state index in [0.717, 1.165) is 36.7 Å². The Balaban J connectivity index is 0.00000484. The van der Waals surface area contributed by atoms with Gasteiger partial charge in [0.2, 0.25) is 5.91 Å². The van der Waals surface area contributed by atoms with Gasteiger partial charge in [-0.3, -0.25) is 4.79 Å². The number of guanidine groups is 1. The van der Waals surface area contributed by atoms with Crippen molar-refractivity contribution in [2.45, 2.75) is 40.7 Å². The van der Waals surface area contributed by atoms with E-state index < -0.39 is 0 Å². The van der Waals surface area contributed by atoms with E-state index >= 15 is 0 Å². The van der Waals surface area contributed by atoms with Crippen LogP contribution < -0.4 is 16.0 Å². The predicted octanol–water partition coefficient (Wildman–Crippen LogP) is 3.36. The van der Waals surface area contributed by atoms with Crippen molar-refractivity contribution in [3.05, 3.63) is 29.8 Å². The number of carbonyl (C=O) groups excluding carboxylic acids is 1. The second kappa shape index (κ2) is 12.2. The number of nitrogens with one attached hydrogen (secondary N) is 3. The van der Waals surface area contributed by atoms with Gasteiger partial charge in [0, 0.05) is 24.7 Å². The lowest BCUT2D eigenvalue weighted by atomic mass is 10.1. The highest BCUT2D eigenvalue weighted by Crippen LogP contribution is 2.13. The van der Waals surface area contributed by atoms with Gasteiger partial charge >= 0.3 is 0 Å². The molecule has 1 atom stereocenters. The first-order chi connectivity index (χ1) is 10.6. The van der Waals surface area contributed by atoms with Gasteiger partial charge in [-0.25, -0.2) is 4.99 Å². The van der Waals surface area contributed by atoms with Gasteiger partial charge in [0.25, 0.3) is 0 Å². The van der Waals surface area contributed by atoms with E-state index in [9.17, 15) is 4.79 Å². The molecule has 0 aliphatic heterocycles. The number of anilines is 1. The number of nitrogens with zero attached hydrogens (tertiary/aromatic N) is 1. The summed E-state index contributed by atoms with van der Waals surface area (Å²) in [5, 5.41) is 9.34. The summed E-state index contributed by atoms with van der Waals surface area (Å²) in [7, 11) is 0. The molecule has 1 unspecified atom stereocenters. The van der Waals surface area contributed by atoms with Crippen molar-refractivity contribution in [3.63, 3.8) is 0 Å². The first kappa shape index (κ1) is 21.7. The van der Waals surface area contributed by atoms with Crippen LogP contribution in [0.1, 0.15) is 39.7 Å². The predicted molar refractivity (Wildman–Crippen MR) is 108 cm³/mol. The van der Waals surface area contributed by atoms with Crippen LogP contribution in [0.5, 0.6) is 0 Å². The Morgan fingerprint density at radius 3 is 2.39 bits per heavy atom. The molecule has 3 N–H and O–H groups in total. The molecule has 0 aliphatic carbocycles. The molecule has 6 heteroatoms. The maximum Gasteiger partial charge on any atom is 0.227 e. The fourth-order valence-electron chi connectivity index (χ4n) is 1.88. The zero-order chi connectivity index (χ0) is 16.4. The number of rotatable bonds is 7. The minimum atomic E-state index is 0. The summed E-state index contributed by atoms with van der Waals surface area (Å²) in [5.74, 6) is 0.888. The summed E-state index contributed by atoms with van der Waals surface area (Å²) in [6.07, 6.45) is 0.838. The number of benzene rings is 1. The zero-order valence-corrected chi connectivity index (χ0v) is 16.8. The van der Waals surface area contributed by atoms with Crippen LogP contribution in [0, 0.1) is 5.92 Å². The third-order valence-electron chi connectivity index (χ3n) is 3.36. The fraction of sp³-hybridized carbons (Fsp3) is 0.529. The molecule has 0 saturated carbocycles. The average Bonchev–Trinajstić information content (AvgIpc) is 2.52. The first-order valence-electron chi connectivity index (χ1n) is 8.02. The van der Waals surface area contributed by atoms with Gasteiger partial charge in [-0.2, -0.15) is 0 Å². The van der Waals surface area contributed by atoms with Crippen LogP contribution in [0.4, 0.5) is 5.69 Å². The maximum atomic E-state index is 11.9. The quantitative estimate of drug-likeness (QED) is 0.352. The molecule has 0 spiro atoms. The van der Waals surface area contributed by atoms with Crippen molar-refractivity contribution in [1.82, 2.24) is 10.6 Å². The normalized spacial score (nSPS) is 11.0. The van der Waals surface area contributed by atoms with Crippen molar-refractivity contribution < 1.29 is 4.79 Å². The van der Waals surface area contributed by atoms with E-state index in [-0.39, 0.29) is 35.8 Å². The molecular formula is C17H29IN4O. The molecule has 0 saturated heterocycles. The Labute approximate surface area is 156 Å². The number of aliphatic imine (C=N–C) groups is 1. The highest BCUT2D eigenvalue weighted by atomic mass is 127. The summed E-state index contributed by atoms with van der Waals surface area (Å²) < 4.78 is 0. The monoisotopic (exact) mass is 432 g/mol. The highest BCUT2D eigenvalue weighted by Gasteiger charge is 2.10. The number of halogens is 1. The van der Waals surface area contributed by atoms with Gasteiger partial charge in [0.05, 0.1) is 6.54 Å². The molecule has 0 radical (unpaired) electrons. The van der Waals surface area contributed by atoms with E-state index in [2.05, 4.69) is 20.9 Å². The molecule has 5 nitrogen and oxygen atoms in total. The number of amides is 1. The smallest absolute Gasteiger partial charge is 0.227 e. The Morgan fingerprint density at radius 2 is 1.83 bits per heavy atom. The molecule has 130 valence electrons. The maximum absolute atomic E-state index is 11.9. The van der Waals surface area contributed by atoms with Crippen LogP contribution in [0.15, 0.2) is 29.3 Å². The van der Waals surface area contributed by atoms with Crippen LogP contribution in [0.25, 0.3) is 0 Å². The standard InChI is InChI=1S/C17H28N4O.HI/c1-5-13(4)16(22)21-15-10-8-9-14(11-15)12-20-17(18-6-2)19-7-3;/h8-11,13H,5-7,12H2,1-4H3,(H,21,22)(H2,18,19,20);1H. The second-order valence-corrected chi connectivity index (χ2v) is 5.22. The fourth-order valence-corrected chi connectivity index (χ4v) is 1.88. The van der Waals surface area contributed by atoms with Crippen molar-refractivity contribution in [1.29, 1.82) is 0 Å². The molecular weight excluding hydrogens is 403 g/mol. The Hall–Kier alpha value is -1.31. The summed E-state index contributed by atoms with van der Waals surface area (Å²) in [5.41, 5.74) is 1.89. The van der Waals surface area contributed by atoms with Crippen molar-refractivity contribution in [2.75, 3.05) is 18.4 Å². The molecule has 0 bridgehead atoms. The molecule has 0 aromatic heterocycles. The van der Waals surface area contributed by atoms with Crippen molar-refractivity contribution in [2.24, 2.45) is 10.9 Å². The molecule has 0 fully saturated rings. The van der Waals surface area contributed by atoms with Gasteiger partial charge in [-0.05, 0) is 38.0 Å². The molecule has 0 heterocycles. The first-order valence-corrected chi connectivity index (χ1v) is 8.02. The van der Waals surface area contributed by atoms with E-state index in [0.29, 0.717) is 6.54 Å². The van der Waals surface area contributed by atoms with Crippen LogP contribution in [-0.2, 0) is 11.3 Å². The van der Waals surface area contributed by atoms with Gasteiger partial charge in [-0.1, -0.05) is 26.0 Å². The molecule has 1 rings (SSSR count). The van der Waals surface area contributed by atoms with Crippen LogP contribution in [-0.4, -0.2) is 25.0 Å². The second-order valence-electron chi connectivity index (χ2n) is 5.22. The van der Waals surface area contributed by atoms with Gasteiger partial charge in [0.15, 0.2) is 5.96 Å². The van der Waals surface area contributed by atoms with Gasteiger partial charge in [-0.15, -0.1) is 24.0 Å². The third kappa shape index (κ3) is 8.20. The lowest BCUT2D eigenvalue weighted by Gasteiger charge is -2.11. The van der Waals surface area contributed by atoms with Gasteiger partial charge < -0.3 is 16.0 Å². The summed E-state index contributed by atoms with van der Waals surface area (Å²) in [6, 6.07) is 7.83. The van der Waals surface area contributed by atoms with E-state index in [1.54, 1.807) is 0 Å². The summed E-state index contributed by atoms with van der Waals surface area (Å²) in [4.78, 5) is 16.5. The zero-order valence-electron chi connectivity index (χ0n) is 14.5. The highest BCUT2D eigenvalue weighted by molar-refractivity contribution is 14.0. The molecule has 23 heavy (non-hydrogen) atoms. The van der Waals surface area contributed by atoms with E-state index in [1.165, 1.54) is 0 Å². The molecule has 0 aliphatic rings. The number of hydrogen-bond donors (Lipinski definition) is 3. The number of carbonyl (C=O) groups is 1. The molecule has 1 aromatic carbocycles. The molecule has 1 aromatic rings. The largest absolute Gasteiger partial charge is 0.357 e. The average molecular weight is 432 g/mol. The van der Waals surface area contributed by atoms with Crippen LogP contribution >= 0.6 is 24.0 Å². The Bertz CT molecular complexity index is 497. The van der Waals surface area contributed by atoms with Crippen LogP contribution in [0.2, 0.25) is 0 Å². The van der Waals surface area contributed by atoms with Crippen LogP contribution in [0.3, 0.4) is 0 Å². The number of hydrogen-bond acceptors (Lipinski definition) is 2.